The Morgan fingerprint density at radius 1 is 0.451 bits per heavy atom. The summed E-state index contributed by atoms with van der Waals surface area (Å²) in [6.45, 7) is 19.5. The molecule has 82 heavy (non-hydrogen) atoms. The summed E-state index contributed by atoms with van der Waals surface area (Å²) in [6, 6.07) is 0. The summed E-state index contributed by atoms with van der Waals surface area (Å²) in [5.74, 6) is -65.5. The number of carboxylic acids is 2. The molecule has 0 saturated heterocycles. The first-order valence-electron chi connectivity index (χ1n) is 19.2. The van der Waals surface area contributed by atoms with Crippen molar-refractivity contribution in [3.8, 4) is 0 Å². The normalized spacial score (nSPS) is 12.4. The van der Waals surface area contributed by atoms with E-state index in [1.165, 1.54) is 18.1 Å². The predicted octanol–water partition coefficient (Wildman–Crippen LogP) is 15.2. The summed E-state index contributed by atoms with van der Waals surface area (Å²) in [4.78, 5) is 49.8. The van der Waals surface area contributed by atoms with Gasteiger partial charge in [0, 0.05) is 35.9 Å². The monoisotopic (exact) mass is 1290 g/mol. The van der Waals surface area contributed by atoms with Crippen LogP contribution in [0.5, 0.6) is 0 Å². The summed E-state index contributed by atoms with van der Waals surface area (Å²) >= 11 is 0. The molecule has 0 aliphatic heterocycles. The number of carboxylic acid groups (broad SMARTS) is 2. The first kappa shape index (κ1) is 92.0. The van der Waals surface area contributed by atoms with Crippen molar-refractivity contribution < 1.29 is 194 Å². The Hall–Kier alpha value is -6.49. The molecule has 0 aromatic heterocycles. The fourth-order valence-electron chi connectivity index (χ4n) is 2.81. The van der Waals surface area contributed by atoms with E-state index in [-0.39, 0.29) is 18.9 Å². The third-order valence-corrected chi connectivity index (χ3v) is 6.97. The molecule has 0 fully saturated rings. The fraction of sp³-hybridized carbons (Fsp3) is 0.564. The quantitative estimate of drug-likeness (QED) is 0.0392. The largest absolute Gasteiger partial charge is 0.481 e. The second kappa shape index (κ2) is 36.9. The van der Waals surface area contributed by atoms with Gasteiger partial charge in [0.2, 0.25) is 5.92 Å². The van der Waals surface area contributed by atoms with Gasteiger partial charge < -0.3 is 24.4 Å². The van der Waals surface area contributed by atoms with Crippen LogP contribution in [0.1, 0.15) is 39.5 Å². The molecule has 0 atom stereocenters. The van der Waals surface area contributed by atoms with Crippen LogP contribution < -0.4 is 0 Å². The van der Waals surface area contributed by atoms with Crippen LogP contribution in [-0.4, -0.2) is 137 Å². The molecular weight excluding hydrogens is 1250 g/mol. The molecule has 43 heteroatoms. The second-order valence-corrected chi connectivity index (χ2v) is 13.1. The third kappa shape index (κ3) is 32.2. The maximum absolute atomic E-state index is 13.2. The van der Waals surface area contributed by atoms with Crippen molar-refractivity contribution in [1.29, 1.82) is 0 Å². The first-order chi connectivity index (χ1) is 36.0. The lowest BCUT2D eigenvalue weighted by Gasteiger charge is -2.39. The van der Waals surface area contributed by atoms with Crippen LogP contribution in [0.2, 0.25) is 0 Å². The van der Waals surface area contributed by atoms with Crippen molar-refractivity contribution >= 4 is 29.8 Å². The van der Waals surface area contributed by atoms with Crippen LogP contribution in [0, 0.1) is 0 Å². The zero-order valence-corrected chi connectivity index (χ0v) is 40.3. The van der Waals surface area contributed by atoms with Crippen molar-refractivity contribution in [2.24, 2.45) is 0 Å². The fourth-order valence-corrected chi connectivity index (χ4v) is 2.81. The molecule has 11 nitrogen and oxygen atoms in total. The van der Waals surface area contributed by atoms with Crippen LogP contribution in [0.3, 0.4) is 0 Å². The minimum absolute atomic E-state index is 0.0556. The molecule has 0 aromatic carbocycles. The molecule has 0 unspecified atom stereocenters. The van der Waals surface area contributed by atoms with Gasteiger partial charge in [0.25, 0.3) is 6.10 Å². The number of carbonyl (C=O) groups is 5. The maximum atomic E-state index is 13.2. The molecule has 0 aliphatic rings. The number of alkyl halides is 30. The summed E-state index contributed by atoms with van der Waals surface area (Å²) in [5, 5.41) is 16.7. The molecule has 0 radical (unpaired) electrons. The summed E-state index contributed by atoms with van der Waals surface area (Å²) in [5.41, 5.74) is 0. The minimum atomic E-state index is -7.94. The molecular formula is C39H40F32O11. The molecule has 0 heterocycles. The number of aliphatic carboxylic acids is 2. The van der Waals surface area contributed by atoms with E-state index in [9.17, 15) is 156 Å². The van der Waals surface area contributed by atoms with Crippen molar-refractivity contribution in [3.63, 3.8) is 0 Å². The highest BCUT2D eigenvalue weighted by molar-refractivity contribution is 5.82. The number of ether oxygens (including phenoxy) is 3. The number of halogens is 32. The standard InChI is InChI=1S/C11H7F13O2.C9H7F9O2.C6H4F6O2.C4H8F2.C4H6O2.C3H4O2.C2H4.F2O/c1-2-5(25)26-4-3-6(12,13)7(14,15)8(16,17)9(18,19)10(20,21)11(22,23)24;1-2-5(19)20-4-3-6(10,11)7(12,13)8(14,15)9(16,17)18;1-2-3(13)14-4(5(7,8)9)6(10,11)12;1-3-4(2,5)6;1-2-3-4(5)6;1-2-3(4)5;1-2;1-3-2/h2H,1,3-4H2;2H,1,3-4H2;2,4H,1H2;3H2,1-2H3;2H,1,3H2,(H,5,6);2H,1H2,(H,4,5);1-2H2;. The summed E-state index contributed by atoms with van der Waals surface area (Å²) in [7, 11) is 0. The van der Waals surface area contributed by atoms with Gasteiger partial charge in [-0.2, -0.15) is 123 Å². The van der Waals surface area contributed by atoms with E-state index < -0.39 is 140 Å². The van der Waals surface area contributed by atoms with Crippen molar-refractivity contribution in [2.45, 2.75) is 124 Å². The molecule has 0 aromatic rings. The highest BCUT2D eigenvalue weighted by Crippen LogP contribution is 2.61. The molecule has 0 amide bonds. The van der Waals surface area contributed by atoms with Gasteiger partial charge in [-0.3, -0.25) is 4.79 Å². The Balaban J connectivity index is -0.000000144. The Morgan fingerprint density at radius 2 is 0.683 bits per heavy atom. The smallest absolute Gasteiger partial charge is 0.460 e. The van der Waals surface area contributed by atoms with Crippen LogP contribution in [0.15, 0.2) is 76.4 Å². The van der Waals surface area contributed by atoms with E-state index >= 15 is 0 Å². The van der Waals surface area contributed by atoms with Gasteiger partial charge in [0.15, 0.2) is 0 Å². The molecule has 0 rings (SSSR count). The van der Waals surface area contributed by atoms with Gasteiger partial charge in [-0.15, -0.1) is 19.7 Å². The lowest BCUT2D eigenvalue weighted by molar-refractivity contribution is -0.440. The number of carbonyl (C=O) groups excluding carboxylic acids is 3. The van der Waals surface area contributed by atoms with Gasteiger partial charge in [0.1, 0.15) is 0 Å². The van der Waals surface area contributed by atoms with Crippen molar-refractivity contribution in [3.05, 3.63) is 76.4 Å². The Labute approximate surface area is 437 Å². The Morgan fingerprint density at radius 3 is 0.854 bits per heavy atom. The van der Waals surface area contributed by atoms with E-state index in [0.717, 1.165) is 13.0 Å². The van der Waals surface area contributed by atoms with E-state index in [1.54, 1.807) is 0 Å². The van der Waals surface area contributed by atoms with Gasteiger partial charge >= 0.3 is 102 Å². The van der Waals surface area contributed by atoms with Crippen LogP contribution in [-0.2, 0) is 43.3 Å². The molecule has 2 N–H and O–H groups in total. The second-order valence-electron chi connectivity index (χ2n) is 13.1. The SMILES string of the molecule is C=C.C=CC(=O)O.C=CC(=O)OC(C(F)(F)F)C(F)(F)F.C=CC(=O)OCCC(F)(F)C(F)(F)C(F)(F)C(F)(F)C(F)(F)C(F)(F)F.C=CC(=O)OCCC(F)(F)C(F)(F)C(F)(F)C(F)(F)F.C=CCC(=O)O.CCC(C)(F)F.FOF. The van der Waals surface area contributed by atoms with E-state index in [2.05, 4.69) is 60.3 Å². The summed E-state index contributed by atoms with van der Waals surface area (Å²) < 4.78 is 398. The Kier molecular flexibility index (Phi) is 41.3. The number of esters is 3. The van der Waals surface area contributed by atoms with Gasteiger partial charge in [-0.25, -0.2) is 28.0 Å². The predicted molar refractivity (Wildman–Crippen MR) is 211 cm³/mol. The van der Waals surface area contributed by atoms with Crippen LogP contribution in [0.25, 0.3) is 0 Å². The highest BCUT2D eigenvalue weighted by Gasteiger charge is 2.90. The van der Waals surface area contributed by atoms with Gasteiger partial charge in [0.05, 0.1) is 32.5 Å². The van der Waals surface area contributed by atoms with Crippen LogP contribution in [0.4, 0.5) is 141 Å². The van der Waals surface area contributed by atoms with Gasteiger partial charge in [-0.1, -0.05) is 39.3 Å². The third-order valence-electron chi connectivity index (χ3n) is 6.97. The average molecular weight is 1290 g/mol. The topological polar surface area (TPSA) is 163 Å². The van der Waals surface area contributed by atoms with Gasteiger partial charge in [-0.05, 0) is 16.0 Å². The van der Waals surface area contributed by atoms with E-state index in [0.29, 0.717) is 12.2 Å². The number of hydrogen-bond donors (Lipinski definition) is 2. The zero-order chi connectivity index (χ0) is 68.6. The molecule has 0 aliphatic carbocycles. The van der Waals surface area contributed by atoms with E-state index in [4.69, 9.17) is 19.3 Å². The lowest BCUT2D eigenvalue weighted by Crippen LogP contribution is -2.70. The van der Waals surface area contributed by atoms with Crippen LogP contribution >= 0.6 is 0 Å². The molecule has 486 valence electrons. The minimum Gasteiger partial charge on any atom is -0.481 e. The average Bonchev–Trinajstić information content (AvgIpc) is 3.30. The maximum Gasteiger partial charge on any atom is 0.460 e. The lowest BCUT2D eigenvalue weighted by atomic mass is 9.93. The zero-order valence-electron chi connectivity index (χ0n) is 40.3. The molecule has 0 saturated carbocycles. The molecule has 0 spiro atoms. The number of rotatable bonds is 20. The highest BCUT2D eigenvalue weighted by atomic mass is 19.6. The van der Waals surface area contributed by atoms with Crippen molar-refractivity contribution in [1.82, 2.24) is 0 Å². The summed E-state index contributed by atoms with van der Waals surface area (Å²) in [6.07, 6.45) is -31.5. The first-order valence-corrected chi connectivity index (χ1v) is 19.2. The van der Waals surface area contributed by atoms with Crippen molar-refractivity contribution in [2.75, 3.05) is 13.2 Å². The van der Waals surface area contributed by atoms with E-state index in [1.807, 2.05) is 0 Å². The number of hydrogen-bond acceptors (Lipinski definition) is 9. The Bertz CT molecular complexity index is 1940. The molecule has 0 bridgehead atoms.